The molecule has 1 heteroatoms. The minimum Gasteiger partial charge on any atom is -0.456 e. The van der Waals surface area contributed by atoms with E-state index in [4.69, 9.17) is 4.42 Å². The molecule has 58 heavy (non-hydrogen) atoms. The van der Waals surface area contributed by atoms with E-state index >= 15 is 0 Å². The first-order valence-electron chi connectivity index (χ1n) is 20.2. The van der Waals surface area contributed by atoms with E-state index in [0.29, 0.717) is 0 Å². The summed E-state index contributed by atoms with van der Waals surface area (Å²) < 4.78 is 6.52. The summed E-state index contributed by atoms with van der Waals surface area (Å²) in [4.78, 5) is 0. The van der Waals surface area contributed by atoms with Crippen molar-refractivity contribution < 1.29 is 4.42 Å². The highest BCUT2D eigenvalue weighted by Crippen LogP contribution is 2.51. The minimum atomic E-state index is -0.0624. The number of furan rings is 1. The van der Waals surface area contributed by atoms with Crippen molar-refractivity contribution in [3.05, 3.63) is 205 Å². The van der Waals surface area contributed by atoms with Gasteiger partial charge < -0.3 is 4.42 Å². The van der Waals surface area contributed by atoms with Crippen molar-refractivity contribution >= 4 is 54.3 Å². The van der Waals surface area contributed by atoms with Crippen molar-refractivity contribution in [2.75, 3.05) is 0 Å². The van der Waals surface area contributed by atoms with Crippen molar-refractivity contribution in [1.29, 1.82) is 0 Å². The van der Waals surface area contributed by atoms with E-state index in [1.165, 1.54) is 99.1 Å². The fraction of sp³-hybridized carbons (Fsp3) is 0.0526. The maximum atomic E-state index is 6.52. The quantitative estimate of drug-likeness (QED) is 0.164. The summed E-state index contributed by atoms with van der Waals surface area (Å²) in [6, 6.07) is 71.4. The molecule has 10 aromatic carbocycles. The van der Waals surface area contributed by atoms with E-state index in [1.807, 2.05) is 0 Å². The molecule has 0 radical (unpaired) electrons. The van der Waals surface area contributed by atoms with Crippen LogP contribution in [-0.2, 0) is 5.41 Å². The molecule has 0 unspecified atom stereocenters. The van der Waals surface area contributed by atoms with E-state index in [-0.39, 0.29) is 5.41 Å². The average molecular weight is 739 g/mol. The van der Waals surface area contributed by atoms with Crippen LogP contribution in [-0.4, -0.2) is 0 Å². The minimum absolute atomic E-state index is 0.0624. The lowest BCUT2D eigenvalue weighted by atomic mass is 9.81. The number of benzene rings is 10. The first-order valence-corrected chi connectivity index (χ1v) is 20.2. The van der Waals surface area contributed by atoms with Crippen LogP contribution in [0.15, 0.2) is 199 Å². The van der Waals surface area contributed by atoms with Gasteiger partial charge in [-0.3, -0.25) is 0 Å². The molecule has 12 rings (SSSR count). The topological polar surface area (TPSA) is 13.1 Å². The molecule has 0 saturated carbocycles. The predicted octanol–water partition coefficient (Wildman–Crippen LogP) is 16.0. The Morgan fingerprint density at radius 1 is 0.310 bits per heavy atom. The number of fused-ring (bicyclic) bond motifs is 9. The molecule has 1 aliphatic carbocycles. The van der Waals surface area contributed by atoms with Crippen LogP contribution in [0.25, 0.3) is 110 Å². The van der Waals surface area contributed by atoms with Crippen LogP contribution in [0.3, 0.4) is 0 Å². The third kappa shape index (κ3) is 4.90. The van der Waals surface area contributed by atoms with Gasteiger partial charge in [-0.05, 0) is 148 Å². The van der Waals surface area contributed by atoms with Gasteiger partial charge in [0, 0.05) is 16.2 Å². The zero-order valence-corrected chi connectivity index (χ0v) is 32.4. The largest absolute Gasteiger partial charge is 0.456 e. The monoisotopic (exact) mass is 738 g/mol. The van der Waals surface area contributed by atoms with Crippen LogP contribution < -0.4 is 0 Å². The smallest absolute Gasteiger partial charge is 0.135 e. The fourth-order valence-corrected chi connectivity index (χ4v) is 9.96. The SMILES string of the molecule is CC1(C)c2ccc(-c3ccc4oc5ccc(-c6c7ccccc7c(-c7cccc(-c8ccccc8)c7)c7ccccc67)cc5c4c3)cc2-c2cc3ccccc3cc21. The zero-order valence-electron chi connectivity index (χ0n) is 32.4. The first-order chi connectivity index (χ1) is 28.5. The van der Waals surface area contributed by atoms with Gasteiger partial charge in [-0.25, -0.2) is 0 Å². The third-order valence-electron chi connectivity index (χ3n) is 12.8. The summed E-state index contributed by atoms with van der Waals surface area (Å²) in [5.41, 5.74) is 16.9. The molecule has 0 fully saturated rings. The van der Waals surface area contributed by atoms with Crippen LogP contribution in [0.5, 0.6) is 0 Å². The molecule has 0 amide bonds. The van der Waals surface area contributed by atoms with Crippen LogP contribution in [0.1, 0.15) is 25.0 Å². The molecular formula is C57H38O. The Kier molecular flexibility index (Phi) is 7.04. The molecule has 0 aliphatic heterocycles. The van der Waals surface area contributed by atoms with Gasteiger partial charge in [-0.2, -0.15) is 0 Å². The van der Waals surface area contributed by atoms with Gasteiger partial charge in [0.1, 0.15) is 11.2 Å². The van der Waals surface area contributed by atoms with E-state index in [1.54, 1.807) is 0 Å². The lowest BCUT2D eigenvalue weighted by Crippen LogP contribution is -2.14. The normalized spacial score (nSPS) is 13.1. The summed E-state index contributed by atoms with van der Waals surface area (Å²) in [5.74, 6) is 0. The maximum absolute atomic E-state index is 6.52. The lowest BCUT2D eigenvalue weighted by Gasteiger charge is -2.22. The molecule has 1 aliphatic rings. The van der Waals surface area contributed by atoms with Crippen LogP contribution in [0.2, 0.25) is 0 Å². The Morgan fingerprint density at radius 2 is 0.776 bits per heavy atom. The Bertz CT molecular complexity index is 3410. The average Bonchev–Trinajstić information content (AvgIpc) is 3.75. The zero-order chi connectivity index (χ0) is 38.5. The molecule has 1 aromatic heterocycles. The predicted molar refractivity (Wildman–Crippen MR) is 246 cm³/mol. The molecular weight excluding hydrogens is 701 g/mol. The molecule has 0 bridgehead atoms. The van der Waals surface area contributed by atoms with E-state index in [2.05, 4.69) is 208 Å². The second-order valence-electron chi connectivity index (χ2n) is 16.4. The molecule has 272 valence electrons. The second-order valence-corrected chi connectivity index (χ2v) is 16.4. The molecule has 11 aromatic rings. The molecule has 1 nitrogen and oxygen atoms in total. The molecule has 0 atom stereocenters. The number of hydrogen-bond acceptors (Lipinski definition) is 1. The van der Waals surface area contributed by atoms with E-state index in [0.717, 1.165) is 21.9 Å². The van der Waals surface area contributed by atoms with E-state index in [9.17, 15) is 0 Å². The number of hydrogen-bond donors (Lipinski definition) is 0. The van der Waals surface area contributed by atoms with Crippen LogP contribution in [0.4, 0.5) is 0 Å². The van der Waals surface area contributed by atoms with Crippen LogP contribution in [0, 0.1) is 0 Å². The van der Waals surface area contributed by atoms with Gasteiger partial charge in [-0.15, -0.1) is 0 Å². The molecule has 1 heterocycles. The Morgan fingerprint density at radius 3 is 1.45 bits per heavy atom. The van der Waals surface area contributed by atoms with Gasteiger partial charge >= 0.3 is 0 Å². The van der Waals surface area contributed by atoms with Gasteiger partial charge in [-0.1, -0.05) is 159 Å². The Balaban J connectivity index is 1.02. The van der Waals surface area contributed by atoms with Crippen LogP contribution >= 0.6 is 0 Å². The van der Waals surface area contributed by atoms with Gasteiger partial charge in [0.15, 0.2) is 0 Å². The summed E-state index contributed by atoms with van der Waals surface area (Å²) in [6.07, 6.45) is 0. The fourth-order valence-electron chi connectivity index (χ4n) is 9.96. The summed E-state index contributed by atoms with van der Waals surface area (Å²) in [6.45, 7) is 4.72. The van der Waals surface area contributed by atoms with Crippen molar-refractivity contribution in [3.8, 4) is 55.6 Å². The summed E-state index contributed by atoms with van der Waals surface area (Å²) >= 11 is 0. The summed E-state index contributed by atoms with van der Waals surface area (Å²) in [7, 11) is 0. The highest BCUT2D eigenvalue weighted by atomic mass is 16.3. The van der Waals surface area contributed by atoms with Crippen molar-refractivity contribution in [2.24, 2.45) is 0 Å². The standard InChI is InChI=1S/C57H38O/c1-57(2)51-26-23-39(31-47(51)48-30-37-15-6-7-16-38(37)34-52(48)57)40-24-27-53-49(32-40)50-33-42(25-28-54(50)58-53)56-45-21-10-8-19-43(45)55(44-20-9-11-22-46(44)56)41-18-12-17-36(29-41)35-13-4-3-5-14-35/h3-34H,1-2H3. The van der Waals surface area contributed by atoms with Crippen molar-refractivity contribution in [1.82, 2.24) is 0 Å². The molecule has 0 spiro atoms. The maximum Gasteiger partial charge on any atom is 0.135 e. The summed E-state index contributed by atoms with van der Waals surface area (Å²) in [5, 5.41) is 9.80. The Hall–Kier alpha value is -7.22. The number of rotatable bonds is 4. The van der Waals surface area contributed by atoms with Gasteiger partial charge in [0.05, 0.1) is 0 Å². The second kappa shape index (κ2) is 12.4. The molecule has 0 N–H and O–H groups in total. The molecule has 0 saturated heterocycles. The van der Waals surface area contributed by atoms with E-state index < -0.39 is 0 Å². The highest BCUT2D eigenvalue weighted by Gasteiger charge is 2.36. The van der Waals surface area contributed by atoms with Crippen molar-refractivity contribution in [3.63, 3.8) is 0 Å². The first kappa shape index (κ1) is 33.0. The highest BCUT2D eigenvalue weighted by molar-refractivity contribution is 6.22. The van der Waals surface area contributed by atoms with Crippen molar-refractivity contribution in [2.45, 2.75) is 19.3 Å². The van der Waals surface area contributed by atoms with Gasteiger partial charge in [0.2, 0.25) is 0 Å². The Labute approximate surface area is 337 Å². The lowest BCUT2D eigenvalue weighted by molar-refractivity contribution is 0.661. The third-order valence-corrected chi connectivity index (χ3v) is 12.8. The van der Waals surface area contributed by atoms with Gasteiger partial charge in [0.25, 0.3) is 0 Å².